The maximum Gasteiger partial charge on any atom is 0.253 e. The number of hydrogen-bond donors (Lipinski definition) is 2. The number of hydrogen-bond acceptors (Lipinski definition) is 7. The van der Waals surface area contributed by atoms with Crippen LogP contribution in [0.5, 0.6) is 0 Å². The van der Waals surface area contributed by atoms with Crippen molar-refractivity contribution in [3.8, 4) is 6.07 Å². The summed E-state index contributed by atoms with van der Waals surface area (Å²) in [6.45, 7) is 2.67. The zero-order chi connectivity index (χ0) is 24.4. The number of pyridine rings is 2. The maximum absolute atomic E-state index is 13.2. The van der Waals surface area contributed by atoms with E-state index in [0.717, 1.165) is 29.4 Å². The predicted molar refractivity (Wildman–Crippen MR) is 137 cm³/mol. The average molecular weight is 486 g/mol. The fraction of sp³-hybridized carbons (Fsp3) is 0.269. The number of nitriles is 1. The summed E-state index contributed by atoms with van der Waals surface area (Å²) >= 11 is 6.10. The smallest absolute Gasteiger partial charge is 0.253 e. The summed E-state index contributed by atoms with van der Waals surface area (Å²) in [7, 11) is 0. The predicted octanol–water partition coefficient (Wildman–Crippen LogP) is 5.43. The van der Waals surface area contributed by atoms with E-state index >= 15 is 0 Å². The third kappa shape index (κ3) is 4.68. The second-order valence-electron chi connectivity index (χ2n) is 8.77. The summed E-state index contributed by atoms with van der Waals surface area (Å²) in [5, 5.41) is 17.2. The standard InChI is InChI=1S/C26H24ClN7O/c1-16(26-30-9-3-10-31-26)32-22-13-24(35)34(15-17-4-2-5-17)23-7-6-18(12-19(22)23)33-21-8-11-29-25(27)20(21)14-28/h3,6-13,16-17,32H,2,4-5,15H2,1H3,(H,29,33). The van der Waals surface area contributed by atoms with Gasteiger partial charge in [-0.25, -0.2) is 15.0 Å². The molecule has 8 nitrogen and oxygen atoms in total. The largest absolute Gasteiger partial charge is 0.375 e. The maximum atomic E-state index is 13.2. The molecule has 5 rings (SSSR count). The summed E-state index contributed by atoms with van der Waals surface area (Å²) in [6, 6.07) is 12.8. The molecule has 0 spiro atoms. The monoisotopic (exact) mass is 485 g/mol. The third-order valence-electron chi connectivity index (χ3n) is 6.42. The molecule has 2 N–H and O–H groups in total. The molecule has 1 aliphatic rings. The number of aromatic nitrogens is 4. The van der Waals surface area contributed by atoms with Gasteiger partial charge in [0.25, 0.3) is 5.56 Å². The summed E-state index contributed by atoms with van der Waals surface area (Å²) in [4.78, 5) is 25.8. The zero-order valence-corrected chi connectivity index (χ0v) is 20.0. The second kappa shape index (κ2) is 9.72. The highest BCUT2D eigenvalue weighted by Gasteiger charge is 2.21. The van der Waals surface area contributed by atoms with Gasteiger partial charge >= 0.3 is 0 Å². The number of nitrogens with zero attached hydrogens (tertiary/aromatic N) is 5. The fourth-order valence-corrected chi connectivity index (χ4v) is 4.54. The van der Waals surface area contributed by atoms with Crippen LogP contribution in [-0.4, -0.2) is 19.5 Å². The molecule has 9 heteroatoms. The van der Waals surface area contributed by atoms with Crippen molar-refractivity contribution in [3.05, 3.63) is 81.9 Å². The van der Waals surface area contributed by atoms with Gasteiger partial charge in [-0.15, -0.1) is 0 Å². The Balaban J connectivity index is 1.58. The Bertz CT molecular complexity index is 1480. The number of halogens is 1. The van der Waals surface area contributed by atoms with Crippen molar-refractivity contribution in [1.29, 1.82) is 5.26 Å². The normalized spacial score (nSPS) is 14.2. The van der Waals surface area contributed by atoms with Crippen LogP contribution in [0.4, 0.5) is 17.1 Å². The average Bonchev–Trinajstić information content (AvgIpc) is 2.83. The van der Waals surface area contributed by atoms with E-state index in [1.807, 2.05) is 29.7 Å². The van der Waals surface area contributed by atoms with Crippen molar-refractivity contribution in [1.82, 2.24) is 19.5 Å². The minimum absolute atomic E-state index is 0.0403. The van der Waals surface area contributed by atoms with Crippen LogP contribution >= 0.6 is 11.6 Å². The van der Waals surface area contributed by atoms with Gasteiger partial charge in [-0.05, 0) is 56.0 Å². The van der Waals surface area contributed by atoms with Crippen LogP contribution in [0.25, 0.3) is 10.9 Å². The number of fused-ring (bicyclic) bond motifs is 1. The lowest BCUT2D eigenvalue weighted by molar-refractivity contribution is 0.277. The van der Waals surface area contributed by atoms with E-state index in [-0.39, 0.29) is 22.3 Å². The molecule has 0 aliphatic heterocycles. The first-order chi connectivity index (χ1) is 17.0. The Kier molecular flexibility index (Phi) is 6.34. The summed E-state index contributed by atoms with van der Waals surface area (Å²) in [6.07, 6.45) is 8.46. The van der Waals surface area contributed by atoms with Crippen LogP contribution in [0.15, 0.2) is 59.8 Å². The van der Waals surface area contributed by atoms with E-state index < -0.39 is 0 Å². The highest BCUT2D eigenvalue weighted by molar-refractivity contribution is 6.31. The molecule has 1 saturated carbocycles. The molecule has 0 amide bonds. The van der Waals surface area contributed by atoms with Gasteiger partial charge in [0.1, 0.15) is 22.6 Å². The van der Waals surface area contributed by atoms with Crippen LogP contribution in [0.3, 0.4) is 0 Å². The van der Waals surface area contributed by atoms with Gasteiger partial charge in [-0.2, -0.15) is 5.26 Å². The SMILES string of the molecule is CC(Nc1cc(=O)n(CC2CCC2)c2ccc(Nc3ccnc(Cl)c3C#N)cc12)c1ncccn1. The van der Waals surface area contributed by atoms with Crippen LogP contribution in [0.2, 0.25) is 5.15 Å². The number of benzene rings is 1. The van der Waals surface area contributed by atoms with E-state index in [0.29, 0.717) is 29.7 Å². The topological polar surface area (TPSA) is 109 Å². The minimum atomic E-state index is -0.206. The van der Waals surface area contributed by atoms with E-state index in [4.69, 9.17) is 11.6 Å². The molecule has 4 aromatic rings. The molecule has 1 aromatic carbocycles. The van der Waals surface area contributed by atoms with Crippen molar-refractivity contribution < 1.29 is 0 Å². The Hall–Kier alpha value is -3.96. The van der Waals surface area contributed by atoms with Gasteiger partial charge in [0, 0.05) is 48.0 Å². The van der Waals surface area contributed by atoms with Crippen LogP contribution in [-0.2, 0) is 6.54 Å². The van der Waals surface area contributed by atoms with E-state index in [9.17, 15) is 10.1 Å². The van der Waals surface area contributed by atoms with Crippen molar-refractivity contribution in [2.45, 2.75) is 38.8 Å². The Labute approximate surface area is 207 Å². The molecule has 1 aliphatic carbocycles. The molecule has 0 radical (unpaired) electrons. The first-order valence-electron chi connectivity index (χ1n) is 11.6. The Morgan fingerprint density at radius 1 is 1.14 bits per heavy atom. The number of rotatable bonds is 7. The highest BCUT2D eigenvalue weighted by Crippen LogP contribution is 2.33. The van der Waals surface area contributed by atoms with E-state index in [2.05, 4.69) is 31.7 Å². The fourth-order valence-electron chi connectivity index (χ4n) is 4.34. The molecular formula is C26H24ClN7O. The van der Waals surface area contributed by atoms with Crippen molar-refractivity contribution in [3.63, 3.8) is 0 Å². The quantitative estimate of drug-likeness (QED) is 0.336. The number of nitrogens with one attached hydrogen (secondary N) is 2. The van der Waals surface area contributed by atoms with Crippen molar-refractivity contribution in [2.75, 3.05) is 10.6 Å². The van der Waals surface area contributed by atoms with Gasteiger partial charge in [0.2, 0.25) is 0 Å². The van der Waals surface area contributed by atoms with Gasteiger partial charge < -0.3 is 15.2 Å². The van der Waals surface area contributed by atoms with E-state index in [1.165, 1.54) is 6.42 Å². The molecular weight excluding hydrogens is 462 g/mol. The Morgan fingerprint density at radius 2 is 1.94 bits per heavy atom. The van der Waals surface area contributed by atoms with Gasteiger partial charge in [0.05, 0.1) is 17.2 Å². The molecule has 3 heterocycles. The molecule has 1 atom stereocenters. The lowest BCUT2D eigenvalue weighted by Crippen LogP contribution is -2.27. The van der Waals surface area contributed by atoms with Crippen molar-refractivity contribution in [2.24, 2.45) is 5.92 Å². The van der Waals surface area contributed by atoms with Gasteiger partial charge in [-0.1, -0.05) is 18.0 Å². The second-order valence-corrected chi connectivity index (χ2v) is 9.13. The minimum Gasteiger partial charge on any atom is -0.375 e. The first-order valence-corrected chi connectivity index (χ1v) is 11.9. The molecule has 176 valence electrons. The summed E-state index contributed by atoms with van der Waals surface area (Å²) in [5.41, 5.74) is 3.12. The van der Waals surface area contributed by atoms with Crippen LogP contribution < -0.4 is 16.2 Å². The first kappa shape index (κ1) is 22.8. The molecule has 1 fully saturated rings. The molecule has 1 unspecified atom stereocenters. The Morgan fingerprint density at radius 3 is 2.66 bits per heavy atom. The van der Waals surface area contributed by atoms with Crippen molar-refractivity contribution >= 4 is 39.6 Å². The zero-order valence-electron chi connectivity index (χ0n) is 19.2. The molecule has 0 bridgehead atoms. The summed E-state index contributed by atoms with van der Waals surface area (Å²) in [5.74, 6) is 1.17. The van der Waals surface area contributed by atoms with Crippen LogP contribution in [0, 0.1) is 17.2 Å². The molecule has 0 saturated heterocycles. The van der Waals surface area contributed by atoms with Gasteiger partial charge in [-0.3, -0.25) is 4.79 Å². The van der Waals surface area contributed by atoms with E-state index in [1.54, 1.807) is 36.8 Å². The molecule has 3 aromatic heterocycles. The van der Waals surface area contributed by atoms with Gasteiger partial charge in [0.15, 0.2) is 0 Å². The number of anilines is 3. The lowest BCUT2D eigenvalue weighted by atomic mass is 9.85. The third-order valence-corrected chi connectivity index (χ3v) is 6.70. The highest BCUT2D eigenvalue weighted by atomic mass is 35.5. The summed E-state index contributed by atoms with van der Waals surface area (Å²) < 4.78 is 1.86. The lowest BCUT2D eigenvalue weighted by Gasteiger charge is -2.27. The van der Waals surface area contributed by atoms with Crippen LogP contribution in [0.1, 0.15) is 43.6 Å². The molecule has 35 heavy (non-hydrogen) atoms.